The highest BCUT2D eigenvalue weighted by atomic mass is 79.9. The van der Waals surface area contributed by atoms with Crippen molar-refractivity contribution in [1.82, 2.24) is 0 Å². The van der Waals surface area contributed by atoms with Crippen molar-refractivity contribution in [3.8, 4) is 5.75 Å². The number of benzene rings is 1. The fraction of sp³-hybridized carbons (Fsp3) is 0.400. The van der Waals surface area contributed by atoms with Gasteiger partial charge in [-0.1, -0.05) is 0 Å². The van der Waals surface area contributed by atoms with Crippen molar-refractivity contribution in [3.63, 3.8) is 0 Å². The summed E-state index contributed by atoms with van der Waals surface area (Å²) >= 11 is 3.11. The molecule has 0 bridgehead atoms. The molecule has 0 aliphatic carbocycles. The van der Waals surface area contributed by atoms with Crippen molar-refractivity contribution in [3.05, 3.63) is 28.5 Å². The highest BCUT2D eigenvalue weighted by Gasteiger charge is 2.17. The minimum Gasteiger partial charge on any atom is -0.488 e. The zero-order valence-electron chi connectivity index (χ0n) is 7.50. The van der Waals surface area contributed by atoms with Crippen molar-refractivity contribution in [1.29, 1.82) is 0 Å². The van der Waals surface area contributed by atoms with E-state index in [4.69, 9.17) is 9.47 Å². The Labute approximate surface area is 90.1 Å². The summed E-state index contributed by atoms with van der Waals surface area (Å²) in [6.45, 7) is 1.36. The monoisotopic (exact) mass is 260 g/mol. The predicted molar refractivity (Wildman–Crippen MR) is 54.0 cm³/mol. The van der Waals surface area contributed by atoms with E-state index in [1.807, 2.05) is 0 Å². The topological polar surface area (TPSA) is 18.5 Å². The van der Waals surface area contributed by atoms with Crippen molar-refractivity contribution in [2.75, 3.05) is 13.2 Å². The van der Waals surface area contributed by atoms with E-state index in [9.17, 15) is 4.39 Å². The van der Waals surface area contributed by atoms with Gasteiger partial charge in [-0.3, -0.25) is 0 Å². The molecular weight excluding hydrogens is 251 g/mol. The average Bonchev–Trinajstić information content (AvgIpc) is 2.64. The zero-order chi connectivity index (χ0) is 9.97. The smallest absolute Gasteiger partial charge is 0.137 e. The van der Waals surface area contributed by atoms with E-state index in [-0.39, 0.29) is 11.9 Å². The summed E-state index contributed by atoms with van der Waals surface area (Å²) in [7, 11) is 0. The van der Waals surface area contributed by atoms with Gasteiger partial charge in [0.1, 0.15) is 17.7 Å². The molecule has 1 aromatic rings. The van der Waals surface area contributed by atoms with Crippen LogP contribution in [0.1, 0.15) is 6.42 Å². The Balaban J connectivity index is 2.05. The van der Waals surface area contributed by atoms with Crippen LogP contribution in [0, 0.1) is 5.82 Å². The molecular formula is C10H10BrFO2. The van der Waals surface area contributed by atoms with Gasteiger partial charge in [0.25, 0.3) is 0 Å². The summed E-state index contributed by atoms with van der Waals surface area (Å²) < 4.78 is 24.1. The SMILES string of the molecule is Fc1ccc(OC2CCOC2)cc1Br. The maximum atomic E-state index is 12.9. The van der Waals surface area contributed by atoms with Gasteiger partial charge in [0.2, 0.25) is 0 Å². The van der Waals surface area contributed by atoms with Gasteiger partial charge in [0.05, 0.1) is 17.7 Å². The molecule has 1 unspecified atom stereocenters. The van der Waals surface area contributed by atoms with Crippen LogP contribution in [-0.2, 0) is 4.74 Å². The van der Waals surface area contributed by atoms with Crippen molar-refractivity contribution in [2.45, 2.75) is 12.5 Å². The van der Waals surface area contributed by atoms with Crippen LogP contribution in [0.15, 0.2) is 22.7 Å². The number of ether oxygens (including phenoxy) is 2. The average molecular weight is 261 g/mol. The van der Waals surface area contributed by atoms with Crippen LogP contribution >= 0.6 is 15.9 Å². The second-order valence-corrected chi connectivity index (χ2v) is 4.03. The van der Waals surface area contributed by atoms with E-state index in [0.29, 0.717) is 16.8 Å². The molecule has 2 rings (SSSR count). The normalized spacial score (nSPS) is 21.1. The molecule has 1 aliphatic rings. The Hall–Kier alpha value is -0.610. The van der Waals surface area contributed by atoms with Gasteiger partial charge < -0.3 is 9.47 Å². The molecule has 0 amide bonds. The first-order valence-electron chi connectivity index (χ1n) is 4.45. The third-order valence-corrected chi connectivity index (χ3v) is 2.69. The maximum absolute atomic E-state index is 12.9. The second-order valence-electron chi connectivity index (χ2n) is 3.18. The second kappa shape index (κ2) is 4.28. The maximum Gasteiger partial charge on any atom is 0.137 e. The Morgan fingerprint density at radius 1 is 1.50 bits per heavy atom. The quantitative estimate of drug-likeness (QED) is 0.814. The molecule has 0 N–H and O–H groups in total. The Bertz CT molecular complexity index is 324. The standard InChI is InChI=1S/C10H10BrFO2/c11-9-5-7(1-2-10(9)12)14-8-3-4-13-6-8/h1-2,5,8H,3-4,6H2. The summed E-state index contributed by atoms with van der Waals surface area (Å²) in [4.78, 5) is 0. The molecule has 1 fully saturated rings. The molecule has 1 heterocycles. The summed E-state index contributed by atoms with van der Waals surface area (Å²) in [6, 6.07) is 4.64. The number of rotatable bonds is 2. The minimum atomic E-state index is -0.278. The molecule has 1 aliphatic heterocycles. The molecule has 76 valence electrons. The third kappa shape index (κ3) is 2.25. The molecule has 2 nitrogen and oxygen atoms in total. The summed E-state index contributed by atoms with van der Waals surface area (Å²) in [5.41, 5.74) is 0. The van der Waals surface area contributed by atoms with Crippen molar-refractivity contribution < 1.29 is 13.9 Å². The lowest BCUT2D eigenvalue weighted by Crippen LogP contribution is -2.15. The Morgan fingerprint density at radius 2 is 2.36 bits per heavy atom. The summed E-state index contributed by atoms with van der Waals surface area (Å²) in [6.07, 6.45) is 1.00. The van der Waals surface area contributed by atoms with Gasteiger partial charge in [-0.25, -0.2) is 4.39 Å². The van der Waals surface area contributed by atoms with Crippen molar-refractivity contribution in [2.24, 2.45) is 0 Å². The van der Waals surface area contributed by atoms with E-state index in [0.717, 1.165) is 13.0 Å². The predicted octanol–water partition coefficient (Wildman–Crippen LogP) is 2.76. The largest absolute Gasteiger partial charge is 0.488 e. The highest BCUT2D eigenvalue weighted by Crippen LogP contribution is 2.23. The molecule has 0 saturated carbocycles. The van der Waals surface area contributed by atoms with Gasteiger partial charge in [0, 0.05) is 6.42 Å². The lowest BCUT2D eigenvalue weighted by Gasteiger charge is -2.11. The van der Waals surface area contributed by atoms with Crippen LogP contribution in [-0.4, -0.2) is 19.3 Å². The van der Waals surface area contributed by atoms with Crippen LogP contribution in [0.3, 0.4) is 0 Å². The Kier molecular flexibility index (Phi) is 3.03. The molecule has 14 heavy (non-hydrogen) atoms. The summed E-state index contributed by atoms with van der Waals surface area (Å²) in [5, 5.41) is 0. The number of hydrogen-bond acceptors (Lipinski definition) is 2. The van der Waals surface area contributed by atoms with E-state index in [1.165, 1.54) is 6.07 Å². The van der Waals surface area contributed by atoms with Crippen LogP contribution in [0.2, 0.25) is 0 Å². The molecule has 0 radical (unpaired) electrons. The molecule has 1 aromatic carbocycles. The van der Waals surface area contributed by atoms with Gasteiger partial charge in [-0.05, 0) is 34.1 Å². The number of hydrogen-bond donors (Lipinski definition) is 0. The molecule has 1 atom stereocenters. The lowest BCUT2D eigenvalue weighted by atomic mass is 10.3. The molecule has 1 saturated heterocycles. The zero-order valence-corrected chi connectivity index (χ0v) is 9.09. The van der Waals surface area contributed by atoms with Crippen molar-refractivity contribution >= 4 is 15.9 Å². The highest BCUT2D eigenvalue weighted by molar-refractivity contribution is 9.10. The Morgan fingerprint density at radius 3 is 3.00 bits per heavy atom. The van der Waals surface area contributed by atoms with Gasteiger partial charge >= 0.3 is 0 Å². The lowest BCUT2D eigenvalue weighted by molar-refractivity contribution is 0.141. The van der Waals surface area contributed by atoms with Crippen LogP contribution < -0.4 is 4.74 Å². The van der Waals surface area contributed by atoms with Gasteiger partial charge in [-0.15, -0.1) is 0 Å². The van der Waals surface area contributed by atoms with E-state index >= 15 is 0 Å². The fourth-order valence-electron chi connectivity index (χ4n) is 1.35. The molecule has 0 spiro atoms. The van der Waals surface area contributed by atoms with E-state index in [2.05, 4.69) is 15.9 Å². The molecule has 0 aromatic heterocycles. The summed E-state index contributed by atoms with van der Waals surface area (Å²) in [5.74, 6) is 0.397. The first kappa shape index (κ1) is 9.93. The van der Waals surface area contributed by atoms with E-state index in [1.54, 1.807) is 12.1 Å². The van der Waals surface area contributed by atoms with Crippen LogP contribution in [0.25, 0.3) is 0 Å². The number of halogens is 2. The van der Waals surface area contributed by atoms with Gasteiger partial charge in [0.15, 0.2) is 0 Å². The van der Waals surface area contributed by atoms with Crippen LogP contribution in [0.4, 0.5) is 4.39 Å². The fourth-order valence-corrected chi connectivity index (χ4v) is 1.71. The van der Waals surface area contributed by atoms with Crippen LogP contribution in [0.5, 0.6) is 5.75 Å². The minimum absolute atomic E-state index is 0.104. The third-order valence-electron chi connectivity index (χ3n) is 2.08. The first-order chi connectivity index (χ1) is 6.75. The molecule has 4 heteroatoms. The van der Waals surface area contributed by atoms with E-state index < -0.39 is 0 Å². The van der Waals surface area contributed by atoms with Gasteiger partial charge in [-0.2, -0.15) is 0 Å². The first-order valence-corrected chi connectivity index (χ1v) is 5.24.